The topological polar surface area (TPSA) is 63.4 Å². The molecule has 2 rings (SSSR count). The molecule has 0 saturated carbocycles. The van der Waals surface area contributed by atoms with Gasteiger partial charge < -0.3 is 5.73 Å². The zero-order valence-electron chi connectivity index (χ0n) is 9.63. The molecule has 1 saturated heterocycles. The highest BCUT2D eigenvalue weighted by Crippen LogP contribution is 2.28. The van der Waals surface area contributed by atoms with Gasteiger partial charge in [-0.15, -0.1) is 11.3 Å². The fraction of sp³-hybridized carbons (Fsp3) is 0.600. The van der Waals surface area contributed by atoms with Gasteiger partial charge in [0.05, 0.1) is 0 Å². The van der Waals surface area contributed by atoms with Crippen molar-refractivity contribution >= 4 is 33.1 Å². The lowest BCUT2D eigenvalue weighted by Crippen LogP contribution is -2.40. The van der Waals surface area contributed by atoms with Crippen LogP contribution in [0.1, 0.15) is 11.8 Å². The first kappa shape index (κ1) is 13.4. The van der Waals surface area contributed by atoms with E-state index in [1.54, 1.807) is 16.4 Å². The van der Waals surface area contributed by atoms with Crippen molar-refractivity contribution in [1.82, 2.24) is 4.31 Å². The normalized spacial score (nSPS) is 22.8. The van der Waals surface area contributed by atoms with Crippen LogP contribution in [0.5, 0.6) is 0 Å². The number of thiophene rings is 1. The Morgan fingerprint density at radius 3 is 2.88 bits per heavy atom. The standard InChI is InChI=1S/C10H16N2O2S3/c1-8-7-12(4-5-15-8)17(13,14)10-3-2-9(6-11)16-10/h2-3,8H,4-7,11H2,1H3. The molecule has 7 heteroatoms. The zero-order valence-corrected chi connectivity index (χ0v) is 12.1. The summed E-state index contributed by atoms with van der Waals surface area (Å²) in [5.41, 5.74) is 5.51. The van der Waals surface area contributed by atoms with E-state index in [1.807, 2.05) is 11.8 Å². The van der Waals surface area contributed by atoms with Gasteiger partial charge >= 0.3 is 0 Å². The first-order valence-corrected chi connectivity index (χ1v) is 8.75. The summed E-state index contributed by atoms with van der Waals surface area (Å²) < 4.78 is 26.7. The molecule has 1 aliphatic heterocycles. The summed E-state index contributed by atoms with van der Waals surface area (Å²) >= 11 is 3.09. The molecule has 1 unspecified atom stereocenters. The van der Waals surface area contributed by atoms with Gasteiger partial charge in [0.1, 0.15) is 4.21 Å². The van der Waals surface area contributed by atoms with Crippen molar-refractivity contribution in [3.05, 3.63) is 17.0 Å². The highest BCUT2D eigenvalue weighted by molar-refractivity contribution is 8.00. The number of hydrogen-bond donors (Lipinski definition) is 1. The molecule has 96 valence electrons. The first-order chi connectivity index (χ1) is 8.04. The minimum absolute atomic E-state index is 0.368. The summed E-state index contributed by atoms with van der Waals surface area (Å²) in [4.78, 5) is 0.906. The van der Waals surface area contributed by atoms with Gasteiger partial charge in [0.15, 0.2) is 0 Å². The fourth-order valence-electron chi connectivity index (χ4n) is 1.74. The Labute approximate surface area is 110 Å². The minimum atomic E-state index is -3.30. The summed E-state index contributed by atoms with van der Waals surface area (Å²) in [5.74, 6) is 0.871. The Hall–Kier alpha value is -0.0800. The van der Waals surface area contributed by atoms with Crippen molar-refractivity contribution in [3.8, 4) is 0 Å². The van der Waals surface area contributed by atoms with Crippen LogP contribution in [0.3, 0.4) is 0 Å². The minimum Gasteiger partial charge on any atom is -0.326 e. The summed E-state index contributed by atoms with van der Waals surface area (Å²) in [5, 5.41) is 0.368. The maximum Gasteiger partial charge on any atom is 0.252 e. The number of nitrogens with zero attached hydrogens (tertiary/aromatic N) is 1. The van der Waals surface area contributed by atoms with E-state index in [0.29, 0.717) is 29.1 Å². The second-order valence-corrected chi connectivity index (χ2v) is 8.85. The van der Waals surface area contributed by atoms with Crippen molar-refractivity contribution < 1.29 is 8.42 Å². The lowest BCUT2D eigenvalue weighted by Gasteiger charge is -2.29. The number of hydrogen-bond acceptors (Lipinski definition) is 5. The lowest BCUT2D eigenvalue weighted by molar-refractivity contribution is 0.425. The van der Waals surface area contributed by atoms with Crippen LogP contribution < -0.4 is 5.73 Å². The summed E-state index contributed by atoms with van der Waals surface area (Å²) in [6.45, 7) is 3.66. The van der Waals surface area contributed by atoms with E-state index in [-0.39, 0.29) is 0 Å². The quantitative estimate of drug-likeness (QED) is 0.913. The third-order valence-corrected chi connectivity index (χ3v) is 7.21. The molecular weight excluding hydrogens is 276 g/mol. The molecule has 0 aromatic carbocycles. The van der Waals surface area contributed by atoms with Crippen LogP contribution in [0.15, 0.2) is 16.3 Å². The first-order valence-electron chi connectivity index (χ1n) is 5.44. The Balaban J connectivity index is 2.23. The summed E-state index contributed by atoms with van der Waals surface area (Å²) in [6.07, 6.45) is 0. The van der Waals surface area contributed by atoms with E-state index in [2.05, 4.69) is 6.92 Å². The predicted octanol–water partition coefficient (Wildman–Crippen LogP) is 1.33. The molecule has 2 heterocycles. The van der Waals surface area contributed by atoms with Gasteiger partial charge in [-0.2, -0.15) is 16.1 Å². The third kappa shape index (κ3) is 2.85. The molecule has 0 spiro atoms. The number of sulfonamides is 1. The highest BCUT2D eigenvalue weighted by Gasteiger charge is 2.29. The highest BCUT2D eigenvalue weighted by atomic mass is 32.2. The van der Waals surface area contributed by atoms with Gasteiger partial charge in [-0.1, -0.05) is 6.92 Å². The van der Waals surface area contributed by atoms with E-state index in [4.69, 9.17) is 5.73 Å². The molecule has 1 aromatic rings. The summed E-state index contributed by atoms with van der Waals surface area (Å²) in [7, 11) is -3.30. The van der Waals surface area contributed by atoms with Crippen LogP contribution in [0.25, 0.3) is 0 Å². The van der Waals surface area contributed by atoms with Crippen LogP contribution in [0.4, 0.5) is 0 Å². The van der Waals surface area contributed by atoms with Crippen molar-refractivity contribution in [3.63, 3.8) is 0 Å². The van der Waals surface area contributed by atoms with Crippen LogP contribution in [0, 0.1) is 0 Å². The molecule has 1 fully saturated rings. The van der Waals surface area contributed by atoms with Gasteiger partial charge in [-0.05, 0) is 12.1 Å². The number of thioether (sulfide) groups is 1. The Morgan fingerprint density at radius 1 is 1.53 bits per heavy atom. The largest absolute Gasteiger partial charge is 0.326 e. The second-order valence-electron chi connectivity index (χ2n) is 3.97. The molecule has 17 heavy (non-hydrogen) atoms. The van der Waals surface area contributed by atoms with E-state index in [9.17, 15) is 8.42 Å². The summed E-state index contributed by atoms with van der Waals surface area (Å²) in [6, 6.07) is 3.45. The van der Waals surface area contributed by atoms with Gasteiger partial charge in [0, 0.05) is 35.5 Å². The van der Waals surface area contributed by atoms with Crippen LogP contribution in [-0.2, 0) is 16.6 Å². The van der Waals surface area contributed by atoms with E-state index in [0.717, 1.165) is 10.6 Å². The third-order valence-electron chi connectivity index (χ3n) is 2.64. The van der Waals surface area contributed by atoms with E-state index < -0.39 is 10.0 Å². The molecule has 1 aliphatic rings. The fourth-order valence-corrected chi connectivity index (χ4v) is 5.88. The van der Waals surface area contributed by atoms with E-state index in [1.165, 1.54) is 11.3 Å². The van der Waals surface area contributed by atoms with Gasteiger partial charge in [0.25, 0.3) is 10.0 Å². The molecule has 2 N–H and O–H groups in total. The van der Waals surface area contributed by atoms with Crippen molar-refractivity contribution in [2.75, 3.05) is 18.8 Å². The Bertz CT molecular complexity index is 483. The molecule has 4 nitrogen and oxygen atoms in total. The average molecular weight is 292 g/mol. The molecular formula is C10H16N2O2S3. The molecule has 0 radical (unpaired) electrons. The molecule has 0 aliphatic carbocycles. The lowest BCUT2D eigenvalue weighted by atomic mass is 10.4. The molecule has 1 aromatic heterocycles. The predicted molar refractivity (Wildman–Crippen MR) is 72.9 cm³/mol. The molecule has 0 bridgehead atoms. The van der Waals surface area contributed by atoms with Crippen molar-refractivity contribution in [2.45, 2.75) is 22.9 Å². The monoisotopic (exact) mass is 292 g/mol. The van der Waals surface area contributed by atoms with Crippen molar-refractivity contribution in [2.24, 2.45) is 5.73 Å². The molecule has 0 amide bonds. The Morgan fingerprint density at radius 2 is 2.29 bits per heavy atom. The number of rotatable bonds is 3. The SMILES string of the molecule is CC1CN(S(=O)(=O)c2ccc(CN)s2)CCS1. The van der Waals surface area contributed by atoms with Crippen molar-refractivity contribution in [1.29, 1.82) is 0 Å². The van der Waals surface area contributed by atoms with Crippen LogP contribution >= 0.6 is 23.1 Å². The maximum absolute atomic E-state index is 12.3. The van der Waals surface area contributed by atoms with Gasteiger partial charge in [-0.3, -0.25) is 0 Å². The zero-order chi connectivity index (χ0) is 12.5. The smallest absolute Gasteiger partial charge is 0.252 e. The van der Waals surface area contributed by atoms with Gasteiger partial charge in [-0.25, -0.2) is 8.42 Å². The van der Waals surface area contributed by atoms with E-state index >= 15 is 0 Å². The van der Waals surface area contributed by atoms with Gasteiger partial charge in [0.2, 0.25) is 0 Å². The second kappa shape index (κ2) is 5.27. The van der Waals surface area contributed by atoms with Crippen LogP contribution in [-0.4, -0.2) is 36.8 Å². The number of nitrogens with two attached hydrogens (primary N) is 1. The van der Waals surface area contributed by atoms with Crippen LogP contribution in [0.2, 0.25) is 0 Å². The average Bonchev–Trinajstić information content (AvgIpc) is 2.78. The Kier molecular flexibility index (Phi) is 4.14. The maximum atomic E-state index is 12.3. The molecule has 1 atom stereocenters.